The zero-order valence-corrected chi connectivity index (χ0v) is 14.5. The van der Waals surface area contributed by atoms with Crippen LogP contribution in [0.25, 0.3) is 0 Å². The summed E-state index contributed by atoms with van der Waals surface area (Å²) in [6, 6.07) is 11.5. The average molecular weight is 380 g/mol. The van der Waals surface area contributed by atoms with Crippen molar-refractivity contribution in [2.24, 2.45) is 0 Å². The molecule has 3 rings (SSSR count). The maximum Gasteiger partial charge on any atom is 0.335 e. The standard InChI is InChI=1S/C17H18BrNO2S/c18-15-6-5-14(22-15)17(7-2-8-17)11-19-10-12-3-1-4-13(9-12)16(20)21/h1,3-6,9,19H,2,7-8,10-11H2,(H,20,21). The van der Waals surface area contributed by atoms with Crippen LogP contribution in [0.4, 0.5) is 0 Å². The summed E-state index contributed by atoms with van der Waals surface area (Å²) in [4.78, 5) is 12.4. The molecule has 22 heavy (non-hydrogen) atoms. The molecule has 1 aliphatic rings. The molecule has 1 aromatic heterocycles. The topological polar surface area (TPSA) is 49.3 Å². The van der Waals surface area contributed by atoms with Crippen LogP contribution >= 0.6 is 27.3 Å². The highest BCUT2D eigenvalue weighted by Crippen LogP contribution is 2.46. The van der Waals surface area contributed by atoms with Gasteiger partial charge in [0, 0.05) is 23.4 Å². The first-order valence-corrected chi connectivity index (χ1v) is 8.99. The molecular formula is C17H18BrNO2S. The van der Waals surface area contributed by atoms with E-state index in [9.17, 15) is 4.79 Å². The van der Waals surface area contributed by atoms with Crippen molar-refractivity contribution in [3.05, 3.63) is 56.2 Å². The van der Waals surface area contributed by atoms with E-state index in [1.165, 1.54) is 27.9 Å². The first kappa shape index (κ1) is 15.7. The zero-order valence-electron chi connectivity index (χ0n) is 12.1. The normalized spacial score (nSPS) is 16.2. The number of aromatic carboxylic acids is 1. The maximum absolute atomic E-state index is 11.0. The van der Waals surface area contributed by atoms with Crippen molar-refractivity contribution in [3.8, 4) is 0 Å². The van der Waals surface area contributed by atoms with Gasteiger partial charge in [0.2, 0.25) is 0 Å². The van der Waals surface area contributed by atoms with Gasteiger partial charge >= 0.3 is 5.97 Å². The van der Waals surface area contributed by atoms with Gasteiger partial charge < -0.3 is 10.4 Å². The molecule has 1 heterocycles. The molecule has 0 unspecified atom stereocenters. The van der Waals surface area contributed by atoms with Gasteiger partial charge in [-0.15, -0.1) is 11.3 Å². The quantitative estimate of drug-likeness (QED) is 0.780. The molecule has 1 aromatic carbocycles. The third kappa shape index (κ3) is 3.26. The number of hydrogen-bond donors (Lipinski definition) is 2. The summed E-state index contributed by atoms with van der Waals surface area (Å²) in [7, 11) is 0. The van der Waals surface area contributed by atoms with Crippen molar-refractivity contribution >= 4 is 33.2 Å². The smallest absolute Gasteiger partial charge is 0.335 e. The van der Waals surface area contributed by atoms with Crippen LogP contribution in [-0.2, 0) is 12.0 Å². The van der Waals surface area contributed by atoms with E-state index in [4.69, 9.17) is 5.11 Å². The second-order valence-corrected chi connectivity index (χ2v) is 8.31. The third-order valence-corrected chi connectivity index (χ3v) is 6.24. The Labute approximate surface area is 142 Å². The van der Waals surface area contributed by atoms with E-state index in [0.717, 1.165) is 12.1 Å². The van der Waals surface area contributed by atoms with Gasteiger partial charge in [-0.2, -0.15) is 0 Å². The fourth-order valence-electron chi connectivity index (χ4n) is 2.97. The Morgan fingerprint density at radius 3 is 2.73 bits per heavy atom. The highest BCUT2D eigenvalue weighted by Gasteiger charge is 2.39. The van der Waals surface area contributed by atoms with Crippen LogP contribution in [-0.4, -0.2) is 17.6 Å². The van der Waals surface area contributed by atoms with Crippen LogP contribution < -0.4 is 5.32 Å². The number of carboxylic acids is 1. The molecule has 0 atom stereocenters. The molecule has 3 nitrogen and oxygen atoms in total. The molecule has 1 fully saturated rings. The Balaban J connectivity index is 1.62. The van der Waals surface area contributed by atoms with E-state index in [0.29, 0.717) is 12.1 Å². The summed E-state index contributed by atoms with van der Waals surface area (Å²) < 4.78 is 1.18. The molecule has 5 heteroatoms. The second kappa shape index (κ2) is 6.52. The summed E-state index contributed by atoms with van der Waals surface area (Å²) in [5.41, 5.74) is 1.63. The summed E-state index contributed by atoms with van der Waals surface area (Å²) in [5, 5.41) is 12.6. The number of thiophene rings is 1. The maximum atomic E-state index is 11.0. The first-order valence-electron chi connectivity index (χ1n) is 7.38. The number of hydrogen-bond acceptors (Lipinski definition) is 3. The van der Waals surface area contributed by atoms with Crippen LogP contribution in [0.2, 0.25) is 0 Å². The van der Waals surface area contributed by atoms with Crippen molar-refractivity contribution in [1.82, 2.24) is 5.32 Å². The molecule has 116 valence electrons. The lowest BCUT2D eigenvalue weighted by Crippen LogP contribution is -2.43. The molecule has 2 N–H and O–H groups in total. The van der Waals surface area contributed by atoms with E-state index in [1.54, 1.807) is 18.2 Å². The van der Waals surface area contributed by atoms with Crippen molar-refractivity contribution in [1.29, 1.82) is 0 Å². The van der Waals surface area contributed by atoms with Crippen molar-refractivity contribution in [2.75, 3.05) is 6.54 Å². The highest BCUT2D eigenvalue weighted by molar-refractivity contribution is 9.11. The molecule has 1 aliphatic carbocycles. The lowest BCUT2D eigenvalue weighted by molar-refractivity contribution is 0.0696. The van der Waals surface area contributed by atoms with Gasteiger partial charge in [-0.05, 0) is 58.6 Å². The Kier molecular flexibility index (Phi) is 4.66. The lowest BCUT2D eigenvalue weighted by Gasteiger charge is -2.41. The molecule has 0 radical (unpaired) electrons. The molecule has 0 spiro atoms. The first-order chi connectivity index (χ1) is 10.6. The number of nitrogens with one attached hydrogen (secondary N) is 1. The largest absolute Gasteiger partial charge is 0.478 e. The molecular weight excluding hydrogens is 362 g/mol. The second-order valence-electron chi connectivity index (χ2n) is 5.85. The van der Waals surface area contributed by atoms with Crippen molar-refractivity contribution < 1.29 is 9.90 Å². The summed E-state index contributed by atoms with van der Waals surface area (Å²) >= 11 is 5.37. The minimum absolute atomic E-state index is 0.265. The fourth-order valence-corrected chi connectivity index (χ4v) is 4.60. The van der Waals surface area contributed by atoms with Gasteiger partial charge in [0.15, 0.2) is 0 Å². The highest BCUT2D eigenvalue weighted by atomic mass is 79.9. The Bertz CT molecular complexity index is 679. The van der Waals surface area contributed by atoms with Crippen molar-refractivity contribution in [3.63, 3.8) is 0 Å². The van der Waals surface area contributed by atoms with Gasteiger partial charge in [0.25, 0.3) is 0 Å². The third-order valence-electron chi connectivity index (χ3n) is 4.37. The van der Waals surface area contributed by atoms with Crippen LogP contribution in [0.3, 0.4) is 0 Å². The predicted molar refractivity (Wildman–Crippen MR) is 92.7 cm³/mol. The van der Waals surface area contributed by atoms with Gasteiger partial charge in [0.1, 0.15) is 0 Å². The van der Waals surface area contributed by atoms with Crippen LogP contribution in [0.15, 0.2) is 40.2 Å². The Hall–Kier alpha value is -1.17. The van der Waals surface area contributed by atoms with Gasteiger partial charge in [0.05, 0.1) is 9.35 Å². The Morgan fingerprint density at radius 1 is 1.32 bits per heavy atom. The van der Waals surface area contributed by atoms with Gasteiger partial charge in [-0.25, -0.2) is 4.79 Å². The van der Waals surface area contributed by atoms with E-state index in [1.807, 2.05) is 17.4 Å². The van der Waals surface area contributed by atoms with E-state index in [2.05, 4.69) is 33.4 Å². The minimum atomic E-state index is -0.874. The van der Waals surface area contributed by atoms with Crippen LogP contribution in [0.1, 0.15) is 40.1 Å². The molecule has 0 aliphatic heterocycles. The lowest BCUT2D eigenvalue weighted by atomic mass is 9.67. The Morgan fingerprint density at radius 2 is 2.14 bits per heavy atom. The average Bonchev–Trinajstić information content (AvgIpc) is 2.89. The summed E-state index contributed by atoms with van der Waals surface area (Å²) in [6.07, 6.45) is 3.73. The molecule has 0 bridgehead atoms. The SMILES string of the molecule is O=C(O)c1cccc(CNCC2(c3ccc(Br)s3)CCC2)c1. The monoisotopic (exact) mass is 379 g/mol. The fraction of sp³-hybridized carbons (Fsp3) is 0.353. The minimum Gasteiger partial charge on any atom is -0.478 e. The zero-order chi connectivity index (χ0) is 15.6. The summed E-state index contributed by atoms with van der Waals surface area (Å²) in [6.45, 7) is 1.65. The number of rotatable bonds is 6. The van der Waals surface area contributed by atoms with E-state index >= 15 is 0 Å². The van der Waals surface area contributed by atoms with Gasteiger partial charge in [-0.3, -0.25) is 0 Å². The number of carbonyl (C=O) groups is 1. The summed E-state index contributed by atoms with van der Waals surface area (Å²) in [5.74, 6) is -0.874. The van der Waals surface area contributed by atoms with Crippen LogP contribution in [0.5, 0.6) is 0 Å². The predicted octanol–water partition coefficient (Wildman–Crippen LogP) is 4.42. The van der Waals surface area contributed by atoms with Gasteiger partial charge in [-0.1, -0.05) is 18.6 Å². The van der Waals surface area contributed by atoms with E-state index < -0.39 is 5.97 Å². The molecule has 0 saturated heterocycles. The molecule has 2 aromatic rings. The number of halogens is 1. The number of benzene rings is 1. The molecule has 1 saturated carbocycles. The number of carboxylic acid groups (broad SMARTS) is 1. The molecule has 0 amide bonds. The van der Waals surface area contributed by atoms with Crippen molar-refractivity contribution in [2.45, 2.75) is 31.2 Å². The van der Waals surface area contributed by atoms with Crippen LogP contribution in [0, 0.1) is 0 Å². The van der Waals surface area contributed by atoms with E-state index in [-0.39, 0.29) is 5.41 Å².